The van der Waals surface area contributed by atoms with Crippen LogP contribution in [-0.2, 0) is 6.54 Å². The number of aromatic nitrogens is 4. The zero-order chi connectivity index (χ0) is 14.1. The smallest absolute Gasteiger partial charge is 0.128 e. The number of nitrogens with zero attached hydrogens (tertiary/aromatic N) is 4. The lowest BCUT2D eigenvalue weighted by atomic mass is 10.3. The number of para-hydroxylation sites is 1. The number of hydrogen-bond donors (Lipinski definition) is 0. The van der Waals surface area contributed by atoms with Crippen LogP contribution < -0.4 is 0 Å². The highest BCUT2D eigenvalue weighted by Gasteiger charge is 2.16. The van der Waals surface area contributed by atoms with Crippen molar-refractivity contribution >= 4 is 34.2 Å². The van der Waals surface area contributed by atoms with Gasteiger partial charge in [-0.15, -0.1) is 11.6 Å². The number of fused-ring (bicyclic) bond motifs is 1. The normalized spacial score (nSPS) is 12.8. The second kappa shape index (κ2) is 5.38. The predicted molar refractivity (Wildman–Crippen MR) is 80.1 cm³/mol. The number of benzene rings is 1. The maximum atomic E-state index is 6.24. The summed E-state index contributed by atoms with van der Waals surface area (Å²) in [5.41, 5.74) is 2.63. The van der Waals surface area contributed by atoms with Crippen LogP contribution in [0.5, 0.6) is 0 Å². The number of halogens is 2. The van der Waals surface area contributed by atoms with Crippen LogP contribution in [0.15, 0.2) is 36.8 Å². The third-order valence-electron chi connectivity index (χ3n) is 3.08. The van der Waals surface area contributed by atoms with E-state index < -0.39 is 0 Å². The van der Waals surface area contributed by atoms with Gasteiger partial charge in [0.2, 0.25) is 0 Å². The Balaban J connectivity index is 2.17. The monoisotopic (exact) mass is 306 g/mol. The Morgan fingerprint density at radius 3 is 2.85 bits per heavy atom. The summed E-state index contributed by atoms with van der Waals surface area (Å²) in [5, 5.41) is 0.419. The average molecular weight is 307 g/mol. The molecule has 0 aliphatic rings. The van der Waals surface area contributed by atoms with Gasteiger partial charge < -0.3 is 4.57 Å². The van der Waals surface area contributed by atoms with E-state index >= 15 is 0 Å². The van der Waals surface area contributed by atoms with Gasteiger partial charge in [-0.3, -0.25) is 0 Å². The summed E-state index contributed by atoms with van der Waals surface area (Å²) in [5.74, 6) is 0.786. The topological polar surface area (TPSA) is 43.6 Å². The van der Waals surface area contributed by atoms with Gasteiger partial charge in [0.25, 0.3) is 0 Å². The summed E-state index contributed by atoms with van der Waals surface area (Å²) in [6, 6.07) is 7.59. The first-order chi connectivity index (χ1) is 9.66. The SMILES string of the molecule is CC(Cl)c1nc2c(Cl)cccc2n1Cc1ccncn1. The van der Waals surface area contributed by atoms with E-state index in [1.54, 1.807) is 6.20 Å². The minimum atomic E-state index is -0.208. The molecule has 2 aromatic heterocycles. The van der Waals surface area contributed by atoms with Gasteiger partial charge in [0.1, 0.15) is 17.7 Å². The van der Waals surface area contributed by atoms with Gasteiger partial charge in [-0.05, 0) is 25.1 Å². The zero-order valence-corrected chi connectivity index (χ0v) is 12.3. The van der Waals surface area contributed by atoms with E-state index in [1.165, 1.54) is 6.33 Å². The molecule has 1 atom stereocenters. The van der Waals surface area contributed by atoms with Crippen LogP contribution in [-0.4, -0.2) is 19.5 Å². The molecular weight excluding hydrogens is 295 g/mol. The van der Waals surface area contributed by atoms with Crippen molar-refractivity contribution in [2.45, 2.75) is 18.8 Å². The van der Waals surface area contributed by atoms with E-state index in [1.807, 2.05) is 35.8 Å². The summed E-state index contributed by atoms with van der Waals surface area (Å²) < 4.78 is 2.04. The van der Waals surface area contributed by atoms with E-state index in [0.717, 1.165) is 22.6 Å². The van der Waals surface area contributed by atoms with Crippen molar-refractivity contribution < 1.29 is 0 Å². The number of rotatable bonds is 3. The Morgan fingerprint density at radius 1 is 1.30 bits per heavy atom. The highest BCUT2D eigenvalue weighted by Crippen LogP contribution is 2.29. The molecule has 0 aliphatic carbocycles. The lowest BCUT2D eigenvalue weighted by Crippen LogP contribution is -2.07. The van der Waals surface area contributed by atoms with Crippen LogP contribution in [0.1, 0.15) is 23.8 Å². The van der Waals surface area contributed by atoms with E-state index in [9.17, 15) is 0 Å². The van der Waals surface area contributed by atoms with Crippen LogP contribution in [0.2, 0.25) is 5.02 Å². The minimum absolute atomic E-state index is 0.208. The summed E-state index contributed by atoms with van der Waals surface area (Å²) in [7, 11) is 0. The van der Waals surface area contributed by atoms with Crippen molar-refractivity contribution in [1.82, 2.24) is 19.5 Å². The molecule has 0 amide bonds. The molecule has 4 nitrogen and oxygen atoms in total. The fourth-order valence-corrected chi connectivity index (χ4v) is 2.55. The second-order valence-electron chi connectivity index (χ2n) is 4.48. The van der Waals surface area contributed by atoms with Crippen LogP contribution in [0.4, 0.5) is 0 Å². The highest BCUT2D eigenvalue weighted by molar-refractivity contribution is 6.35. The molecule has 0 N–H and O–H groups in total. The quantitative estimate of drug-likeness (QED) is 0.691. The van der Waals surface area contributed by atoms with E-state index in [0.29, 0.717) is 11.6 Å². The Kier molecular flexibility index (Phi) is 3.59. The molecule has 0 saturated carbocycles. The molecule has 0 aliphatic heterocycles. The Bertz CT molecular complexity index is 738. The molecule has 6 heteroatoms. The largest absolute Gasteiger partial charge is 0.321 e. The maximum absolute atomic E-state index is 6.24. The Labute approximate surface area is 126 Å². The van der Waals surface area contributed by atoms with E-state index in [2.05, 4.69) is 15.0 Å². The van der Waals surface area contributed by atoms with Crippen molar-refractivity contribution in [3.05, 3.63) is 53.3 Å². The molecule has 3 aromatic rings. The van der Waals surface area contributed by atoms with E-state index in [-0.39, 0.29) is 5.38 Å². The molecule has 0 bridgehead atoms. The van der Waals surface area contributed by atoms with Crippen molar-refractivity contribution in [2.24, 2.45) is 0 Å². The van der Waals surface area contributed by atoms with Crippen molar-refractivity contribution in [2.75, 3.05) is 0 Å². The fraction of sp³-hybridized carbons (Fsp3) is 0.214. The molecule has 0 radical (unpaired) electrons. The Morgan fingerprint density at radius 2 is 2.15 bits per heavy atom. The first-order valence-corrected chi connectivity index (χ1v) is 7.02. The van der Waals surface area contributed by atoms with Crippen LogP contribution in [0, 0.1) is 0 Å². The first-order valence-electron chi connectivity index (χ1n) is 6.20. The summed E-state index contributed by atoms with van der Waals surface area (Å²) >= 11 is 12.4. The first kappa shape index (κ1) is 13.3. The lowest BCUT2D eigenvalue weighted by molar-refractivity contribution is 0.725. The van der Waals surface area contributed by atoms with Crippen molar-refractivity contribution in [3.8, 4) is 0 Å². The van der Waals surface area contributed by atoms with Crippen molar-refractivity contribution in [3.63, 3.8) is 0 Å². The van der Waals surface area contributed by atoms with Crippen molar-refractivity contribution in [1.29, 1.82) is 0 Å². The fourth-order valence-electron chi connectivity index (χ4n) is 2.17. The van der Waals surface area contributed by atoms with Gasteiger partial charge in [-0.2, -0.15) is 0 Å². The Hall–Kier alpha value is -1.65. The number of alkyl halides is 1. The molecule has 0 fully saturated rings. The number of imidazole rings is 1. The van der Waals surface area contributed by atoms with Gasteiger partial charge in [-0.25, -0.2) is 15.0 Å². The van der Waals surface area contributed by atoms with Gasteiger partial charge in [0.05, 0.1) is 28.2 Å². The van der Waals surface area contributed by atoms with Gasteiger partial charge in [0, 0.05) is 6.20 Å². The second-order valence-corrected chi connectivity index (χ2v) is 5.54. The van der Waals surface area contributed by atoms with Crippen LogP contribution >= 0.6 is 23.2 Å². The van der Waals surface area contributed by atoms with E-state index in [4.69, 9.17) is 23.2 Å². The van der Waals surface area contributed by atoms with Gasteiger partial charge in [0.15, 0.2) is 0 Å². The third kappa shape index (κ3) is 2.37. The third-order valence-corrected chi connectivity index (χ3v) is 3.58. The number of hydrogen-bond acceptors (Lipinski definition) is 3. The lowest BCUT2D eigenvalue weighted by Gasteiger charge is -2.09. The average Bonchev–Trinajstić information content (AvgIpc) is 2.81. The molecule has 1 unspecified atom stereocenters. The molecule has 20 heavy (non-hydrogen) atoms. The minimum Gasteiger partial charge on any atom is -0.321 e. The molecule has 0 saturated heterocycles. The molecular formula is C14H12Cl2N4. The predicted octanol–water partition coefficient (Wildman–Crippen LogP) is 3.83. The molecule has 3 rings (SSSR count). The zero-order valence-electron chi connectivity index (χ0n) is 10.8. The van der Waals surface area contributed by atoms with Crippen LogP contribution in [0.3, 0.4) is 0 Å². The summed E-state index contributed by atoms with van der Waals surface area (Å²) in [6.07, 6.45) is 3.25. The van der Waals surface area contributed by atoms with Gasteiger partial charge in [-0.1, -0.05) is 17.7 Å². The standard InChI is InChI=1S/C14H12Cl2N4/c1-9(15)14-19-13-11(16)3-2-4-12(13)20(14)7-10-5-6-17-8-18-10/h2-6,8-9H,7H2,1H3. The molecule has 2 heterocycles. The molecule has 0 spiro atoms. The molecule has 102 valence electrons. The van der Waals surface area contributed by atoms with Crippen LogP contribution in [0.25, 0.3) is 11.0 Å². The summed E-state index contributed by atoms with van der Waals surface area (Å²) in [4.78, 5) is 12.7. The molecule has 1 aromatic carbocycles. The maximum Gasteiger partial charge on any atom is 0.128 e. The highest BCUT2D eigenvalue weighted by atomic mass is 35.5. The van der Waals surface area contributed by atoms with Gasteiger partial charge >= 0.3 is 0 Å². The summed E-state index contributed by atoms with van der Waals surface area (Å²) in [6.45, 7) is 2.49.